The number of rotatable bonds is 14. The second-order valence-corrected chi connectivity index (χ2v) is 20.5. The van der Waals surface area contributed by atoms with Gasteiger partial charge in [0.05, 0.1) is 29.1 Å². The zero-order valence-electron chi connectivity index (χ0n) is 43.8. The highest BCUT2D eigenvalue weighted by Gasteiger charge is 2.36. The van der Waals surface area contributed by atoms with E-state index in [9.17, 15) is 24.6 Å². The van der Waals surface area contributed by atoms with Crippen molar-refractivity contribution in [3.8, 4) is 33.4 Å². The first-order chi connectivity index (χ1) is 35.4. The minimum atomic E-state index is -1.22. The molecule has 4 aromatic carbocycles. The number of allylic oxidation sites excluding steroid dienone is 1. The monoisotopic (exact) mass is 983 g/mol. The van der Waals surface area contributed by atoms with Crippen molar-refractivity contribution in [1.82, 2.24) is 19.9 Å². The summed E-state index contributed by atoms with van der Waals surface area (Å²) in [5.74, 6) is -2.55. The highest BCUT2D eigenvalue weighted by Crippen LogP contribution is 2.44. The average molecular weight is 984 g/mol. The number of nitrogens with zero attached hydrogens (tertiary/aromatic N) is 2. The molecule has 376 valence electrons. The molecule has 10 heteroatoms. The van der Waals surface area contributed by atoms with Crippen LogP contribution in [0.1, 0.15) is 147 Å². The molecule has 0 unspecified atom stereocenters. The molecule has 2 aliphatic heterocycles. The van der Waals surface area contributed by atoms with E-state index in [1.54, 1.807) is 6.92 Å². The second-order valence-electron chi connectivity index (χ2n) is 20.5. The Balaban J connectivity index is 1.14. The summed E-state index contributed by atoms with van der Waals surface area (Å²) >= 11 is 0. The van der Waals surface area contributed by atoms with Gasteiger partial charge in [-0.15, -0.1) is 0 Å². The second kappa shape index (κ2) is 20.8. The fraction of sp³-hybridized carbons (Fsp3) is 0.266. The van der Waals surface area contributed by atoms with Crippen LogP contribution in [0.15, 0.2) is 116 Å². The van der Waals surface area contributed by atoms with Crippen molar-refractivity contribution >= 4 is 62.8 Å². The molecule has 0 saturated heterocycles. The van der Waals surface area contributed by atoms with Crippen molar-refractivity contribution in [2.24, 2.45) is 0 Å². The molecular formula is C64H65N5O5. The van der Waals surface area contributed by atoms with E-state index in [0.717, 1.165) is 77.7 Å². The van der Waals surface area contributed by atoms with Crippen LogP contribution in [0.5, 0.6) is 0 Å². The van der Waals surface area contributed by atoms with Gasteiger partial charge < -0.3 is 25.5 Å². The van der Waals surface area contributed by atoms with Crippen molar-refractivity contribution in [2.75, 3.05) is 5.32 Å². The van der Waals surface area contributed by atoms with Crippen LogP contribution in [0.2, 0.25) is 0 Å². The van der Waals surface area contributed by atoms with Crippen LogP contribution in [-0.2, 0) is 27.2 Å². The minimum absolute atomic E-state index is 0.0628. The predicted octanol–water partition coefficient (Wildman–Crippen LogP) is 15.3. The van der Waals surface area contributed by atoms with Gasteiger partial charge in [-0.2, -0.15) is 0 Å². The maximum atomic E-state index is 14.6. The smallest absolute Gasteiger partial charge is 0.338 e. The van der Waals surface area contributed by atoms with Crippen molar-refractivity contribution in [3.63, 3.8) is 0 Å². The van der Waals surface area contributed by atoms with Gasteiger partial charge in [0.15, 0.2) is 0 Å². The topological polar surface area (TPSA) is 161 Å². The number of anilines is 1. The molecule has 0 saturated carbocycles. The molecule has 2 atom stereocenters. The van der Waals surface area contributed by atoms with Crippen LogP contribution in [0, 0.1) is 13.8 Å². The van der Waals surface area contributed by atoms with Gasteiger partial charge in [-0.3, -0.25) is 14.6 Å². The predicted molar refractivity (Wildman–Crippen MR) is 301 cm³/mol. The SMILES string of the molecule is C=Cc1c(C)c2cc3nc(c(CC(=O)O)c4nc(cc5[nH]c(cc1[nH]2)c(C)c5CC)C(C)=C4C(=O)O)[C@@H](CCC(=O)Nc1cc(-c2ccc(C(C)C)cc2)ccc1-c1ccc(-c2ccc(C(C)C)cc2)cc1)[C@@H]3C. The Morgan fingerprint density at radius 1 is 0.689 bits per heavy atom. The normalized spacial score (nSPS) is 14.5. The largest absolute Gasteiger partial charge is 0.481 e. The number of hydrogen-bond donors (Lipinski definition) is 5. The van der Waals surface area contributed by atoms with Gasteiger partial charge in [-0.25, -0.2) is 9.78 Å². The number of benzene rings is 4. The number of carboxylic acid groups (broad SMARTS) is 2. The first kappa shape index (κ1) is 50.8. The molecule has 0 fully saturated rings. The van der Waals surface area contributed by atoms with E-state index in [1.807, 2.05) is 38.1 Å². The Labute approximate surface area is 433 Å². The van der Waals surface area contributed by atoms with Crippen molar-refractivity contribution in [1.29, 1.82) is 0 Å². The van der Waals surface area contributed by atoms with E-state index in [2.05, 4.69) is 154 Å². The first-order valence-corrected chi connectivity index (χ1v) is 25.7. The molecule has 2 aliphatic rings. The van der Waals surface area contributed by atoms with Gasteiger partial charge in [0, 0.05) is 68.4 Å². The standard InChI is InChI=1S/C64H65N5O5/c1-11-47-36(7)52-31-54-38(9)49(62(68-54)51(30-60(71)72)63-61(64(73)74)39(10)55(69-63)33-58-48(12-2)37(8)53(66-58)32-57(47)65-52)27-28-59(70)67-56-29-46(44-19-15-41(16-20-44)35(5)6)25-26-50(56)45-23-21-43(22-24-45)42-17-13-40(14-18-42)34(3)4/h11,13-26,29,31-35,38,49,65-66H,1,12,27-28,30H2,2-10H3,(H,67,70)(H,71,72)(H,73,74)/t38-,49-/m0/s1. The van der Waals surface area contributed by atoms with Gasteiger partial charge >= 0.3 is 11.9 Å². The number of aromatic nitrogens is 4. The molecule has 0 spiro atoms. The zero-order valence-corrected chi connectivity index (χ0v) is 43.8. The molecular weight excluding hydrogens is 919 g/mol. The number of carboxylic acids is 2. The van der Waals surface area contributed by atoms with Gasteiger partial charge in [0.2, 0.25) is 5.91 Å². The summed E-state index contributed by atoms with van der Waals surface area (Å²) < 4.78 is 0. The quantitative estimate of drug-likeness (QED) is 0.0725. The lowest BCUT2D eigenvalue weighted by Gasteiger charge is -2.19. The highest BCUT2D eigenvalue weighted by atomic mass is 16.4. The van der Waals surface area contributed by atoms with Crippen LogP contribution in [-0.4, -0.2) is 48.0 Å². The number of carbonyl (C=O) groups is 3. The summed E-state index contributed by atoms with van der Waals surface area (Å²) in [7, 11) is 0. The summed E-state index contributed by atoms with van der Waals surface area (Å²) in [6.45, 7) is 22.8. The maximum Gasteiger partial charge on any atom is 0.338 e. The number of aliphatic carboxylic acids is 2. The first-order valence-electron chi connectivity index (χ1n) is 25.7. The number of carbonyl (C=O) groups excluding carboxylic acids is 1. The molecule has 8 bridgehead atoms. The lowest BCUT2D eigenvalue weighted by atomic mass is 9.84. The van der Waals surface area contributed by atoms with E-state index in [1.165, 1.54) is 11.1 Å². The number of aryl methyl sites for hydroxylation is 3. The fourth-order valence-corrected chi connectivity index (χ4v) is 10.8. The van der Waals surface area contributed by atoms with Crippen LogP contribution < -0.4 is 5.32 Å². The van der Waals surface area contributed by atoms with Crippen LogP contribution in [0.3, 0.4) is 0 Å². The number of fused-ring (bicyclic) bond motifs is 8. The summed E-state index contributed by atoms with van der Waals surface area (Å²) in [4.78, 5) is 58.2. The van der Waals surface area contributed by atoms with Crippen molar-refractivity contribution in [3.05, 3.63) is 177 Å². The fourth-order valence-electron chi connectivity index (χ4n) is 10.8. The number of H-pyrrole nitrogens is 2. The van der Waals surface area contributed by atoms with Gasteiger partial charge in [-0.05, 0) is 131 Å². The zero-order chi connectivity index (χ0) is 52.7. The highest BCUT2D eigenvalue weighted by molar-refractivity contribution is 6.24. The number of aromatic amines is 2. The van der Waals surface area contributed by atoms with E-state index in [4.69, 9.17) is 9.97 Å². The van der Waals surface area contributed by atoms with Gasteiger partial charge in [0.1, 0.15) is 0 Å². The molecule has 5 heterocycles. The number of amides is 1. The number of hydrogen-bond acceptors (Lipinski definition) is 5. The van der Waals surface area contributed by atoms with Crippen LogP contribution >= 0.6 is 0 Å². The lowest BCUT2D eigenvalue weighted by Crippen LogP contribution is -2.16. The molecule has 9 rings (SSSR count). The van der Waals surface area contributed by atoms with E-state index in [0.29, 0.717) is 46.6 Å². The summed E-state index contributed by atoms with van der Waals surface area (Å²) in [5, 5.41) is 24.7. The molecule has 0 aliphatic carbocycles. The molecule has 1 amide bonds. The summed E-state index contributed by atoms with van der Waals surface area (Å²) in [6, 6.07) is 37.7. The van der Waals surface area contributed by atoms with Gasteiger partial charge in [-0.1, -0.05) is 139 Å². The molecule has 10 nitrogen and oxygen atoms in total. The average Bonchev–Trinajstić information content (AvgIpc) is 4.07. The van der Waals surface area contributed by atoms with Crippen molar-refractivity contribution in [2.45, 2.75) is 112 Å². The number of nitrogens with one attached hydrogen (secondary N) is 3. The Hall–Kier alpha value is -8.11. The Kier molecular flexibility index (Phi) is 14.3. The van der Waals surface area contributed by atoms with E-state index >= 15 is 0 Å². The van der Waals surface area contributed by atoms with Crippen LogP contribution in [0.25, 0.3) is 72.7 Å². The Bertz CT molecular complexity index is 3570. The molecule has 74 heavy (non-hydrogen) atoms. The van der Waals surface area contributed by atoms with E-state index in [-0.39, 0.29) is 41.5 Å². The summed E-state index contributed by atoms with van der Waals surface area (Å²) in [5.41, 5.74) is 18.7. The van der Waals surface area contributed by atoms with Crippen molar-refractivity contribution < 1.29 is 24.6 Å². The minimum Gasteiger partial charge on any atom is -0.481 e. The molecule has 3 aromatic heterocycles. The maximum absolute atomic E-state index is 14.6. The van der Waals surface area contributed by atoms with E-state index < -0.39 is 24.3 Å². The Morgan fingerprint density at radius 3 is 1.84 bits per heavy atom. The molecule has 0 radical (unpaired) electrons. The third-order valence-corrected chi connectivity index (χ3v) is 15.3. The Morgan fingerprint density at radius 2 is 1.26 bits per heavy atom. The molecule has 5 N–H and O–H groups in total. The third kappa shape index (κ3) is 9.88. The third-order valence-electron chi connectivity index (χ3n) is 15.3. The summed E-state index contributed by atoms with van der Waals surface area (Å²) in [6.07, 6.45) is 2.36. The lowest BCUT2D eigenvalue weighted by molar-refractivity contribution is -0.136. The van der Waals surface area contributed by atoms with Crippen LogP contribution in [0.4, 0.5) is 5.69 Å². The molecule has 7 aromatic rings. The van der Waals surface area contributed by atoms with Gasteiger partial charge in [0.25, 0.3) is 0 Å².